The molecule has 1 aromatic carbocycles. The van der Waals surface area contributed by atoms with Gasteiger partial charge in [-0.3, -0.25) is 9.52 Å². The second-order valence-electron chi connectivity index (χ2n) is 5.18. The molecule has 0 fully saturated rings. The number of rotatable bonds is 3. The molecule has 1 unspecified atom stereocenters. The highest BCUT2D eigenvalue weighted by molar-refractivity contribution is 7.92. The number of sulfonamides is 1. The number of nitrogens with zero attached hydrogens (tertiary/aromatic N) is 1. The molecule has 1 aliphatic heterocycles. The molecule has 0 saturated heterocycles. The minimum absolute atomic E-state index is 0.0743. The molecule has 0 aliphatic carbocycles. The van der Waals surface area contributed by atoms with Crippen LogP contribution in [0.15, 0.2) is 41.4 Å². The van der Waals surface area contributed by atoms with E-state index in [9.17, 15) is 13.2 Å². The molecule has 2 N–H and O–H groups in total. The average Bonchev–Trinajstić information content (AvgIpc) is 2.49. The Hall–Kier alpha value is -2.61. The quantitative estimate of drug-likeness (QED) is 0.894. The van der Waals surface area contributed by atoms with Gasteiger partial charge in [0.2, 0.25) is 0 Å². The normalized spacial score (nSPS) is 17.0. The van der Waals surface area contributed by atoms with E-state index in [1.54, 1.807) is 38.1 Å². The van der Waals surface area contributed by atoms with Gasteiger partial charge in [-0.1, -0.05) is 6.07 Å². The number of carbonyl (C=O) groups is 1. The summed E-state index contributed by atoms with van der Waals surface area (Å²) in [7, 11) is -3.81. The number of fused-ring (bicyclic) bond motifs is 1. The van der Waals surface area contributed by atoms with Crippen molar-refractivity contribution < 1.29 is 17.9 Å². The summed E-state index contributed by atoms with van der Waals surface area (Å²) in [4.78, 5) is 15.6. The topological polar surface area (TPSA) is 97.4 Å². The first kappa shape index (κ1) is 15.3. The minimum Gasteiger partial charge on any atom is -0.479 e. The lowest BCUT2D eigenvalue weighted by Crippen LogP contribution is -2.34. The van der Waals surface area contributed by atoms with Gasteiger partial charge >= 0.3 is 0 Å². The van der Waals surface area contributed by atoms with Crippen LogP contribution in [0.1, 0.15) is 12.5 Å². The summed E-state index contributed by atoms with van der Waals surface area (Å²) in [6.45, 7) is 3.25. The lowest BCUT2D eigenvalue weighted by atomic mass is 10.1. The Morgan fingerprint density at radius 1 is 1.30 bits per heavy atom. The Kier molecular flexibility index (Phi) is 3.69. The van der Waals surface area contributed by atoms with E-state index < -0.39 is 16.1 Å². The van der Waals surface area contributed by atoms with Crippen molar-refractivity contribution in [2.45, 2.75) is 24.8 Å². The number of benzene rings is 1. The van der Waals surface area contributed by atoms with Crippen LogP contribution in [0, 0.1) is 6.92 Å². The first-order chi connectivity index (χ1) is 10.9. The Morgan fingerprint density at radius 3 is 2.78 bits per heavy atom. The van der Waals surface area contributed by atoms with Crippen molar-refractivity contribution in [3.8, 4) is 5.75 Å². The monoisotopic (exact) mass is 333 g/mol. The standard InChI is InChI=1S/C15H15N3O4S/c1-9-7-11-12(22-10(2)15(19)17-11)8-13(9)23(20,21)18-14-5-3-4-6-16-14/h3-8,10H,1-2H3,(H,16,18)(H,17,19). The predicted molar refractivity (Wildman–Crippen MR) is 84.9 cm³/mol. The molecule has 0 radical (unpaired) electrons. The number of carbonyl (C=O) groups excluding carboxylic acids is 1. The van der Waals surface area contributed by atoms with Crippen LogP contribution in [0.2, 0.25) is 0 Å². The summed E-state index contributed by atoms with van der Waals surface area (Å²) < 4.78 is 33.0. The number of hydrogen-bond acceptors (Lipinski definition) is 5. The molecule has 8 heteroatoms. The second-order valence-corrected chi connectivity index (χ2v) is 6.83. The number of aryl methyl sites for hydroxylation is 1. The summed E-state index contributed by atoms with van der Waals surface area (Å²) >= 11 is 0. The summed E-state index contributed by atoms with van der Waals surface area (Å²) in [6.07, 6.45) is 0.822. The molecule has 3 rings (SSSR count). The van der Waals surface area contributed by atoms with Gasteiger partial charge in [0.15, 0.2) is 6.10 Å². The van der Waals surface area contributed by atoms with Gasteiger partial charge in [0.25, 0.3) is 15.9 Å². The van der Waals surface area contributed by atoms with Crippen LogP contribution in [0.3, 0.4) is 0 Å². The highest BCUT2D eigenvalue weighted by Gasteiger charge is 2.27. The number of nitrogens with one attached hydrogen (secondary N) is 2. The fourth-order valence-electron chi connectivity index (χ4n) is 2.25. The number of anilines is 2. The molecule has 23 heavy (non-hydrogen) atoms. The highest BCUT2D eigenvalue weighted by Crippen LogP contribution is 2.34. The summed E-state index contributed by atoms with van der Waals surface area (Å²) in [5, 5.41) is 2.69. The third-order valence-corrected chi connectivity index (χ3v) is 4.90. The van der Waals surface area contributed by atoms with E-state index in [-0.39, 0.29) is 16.6 Å². The van der Waals surface area contributed by atoms with Crippen molar-refractivity contribution in [3.63, 3.8) is 0 Å². The van der Waals surface area contributed by atoms with Crippen LogP contribution >= 0.6 is 0 Å². The third-order valence-electron chi connectivity index (χ3n) is 3.40. The average molecular weight is 333 g/mol. The predicted octanol–water partition coefficient (Wildman–Crippen LogP) is 1.91. The second kappa shape index (κ2) is 5.54. The Balaban J connectivity index is 2.00. The van der Waals surface area contributed by atoms with Crippen LogP contribution in [-0.2, 0) is 14.8 Å². The van der Waals surface area contributed by atoms with E-state index in [1.165, 1.54) is 12.3 Å². The van der Waals surface area contributed by atoms with Gasteiger partial charge in [-0.15, -0.1) is 0 Å². The van der Waals surface area contributed by atoms with Crippen molar-refractivity contribution in [1.29, 1.82) is 0 Å². The maximum Gasteiger partial charge on any atom is 0.265 e. The van der Waals surface area contributed by atoms with Gasteiger partial charge in [-0.25, -0.2) is 13.4 Å². The molecule has 2 heterocycles. The lowest BCUT2D eigenvalue weighted by molar-refractivity contribution is -0.122. The zero-order valence-corrected chi connectivity index (χ0v) is 13.3. The first-order valence-corrected chi connectivity index (χ1v) is 8.41. The van der Waals surface area contributed by atoms with Crippen molar-refractivity contribution in [3.05, 3.63) is 42.1 Å². The maximum absolute atomic E-state index is 12.6. The third kappa shape index (κ3) is 2.98. The Bertz CT molecular complexity index is 866. The van der Waals surface area contributed by atoms with E-state index in [2.05, 4.69) is 15.0 Å². The van der Waals surface area contributed by atoms with Crippen molar-refractivity contribution >= 4 is 27.4 Å². The van der Waals surface area contributed by atoms with Crippen molar-refractivity contribution in [2.75, 3.05) is 10.0 Å². The zero-order chi connectivity index (χ0) is 16.6. The molecule has 1 aromatic heterocycles. The van der Waals surface area contributed by atoms with Gasteiger partial charge in [0, 0.05) is 12.3 Å². The summed E-state index contributed by atoms with van der Waals surface area (Å²) in [6, 6.07) is 7.92. The fraction of sp³-hybridized carbons (Fsp3) is 0.200. The van der Waals surface area contributed by atoms with E-state index >= 15 is 0 Å². The van der Waals surface area contributed by atoms with E-state index in [4.69, 9.17) is 4.74 Å². The smallest absolute Gasteiger partial charge is 0.265 e. The SMILES string of the molecule is Cc1cc2c(cc1S(=O)(=O)Nc1ccccn1)OC(C)C(=O)N2. The van der Waals surface area contributed by atoms with Gasteiger partial charge in [-0.05, 0) is 37.6 Å². The summed E-state index contributed by atoms with van der Waals surface area (Å²) in [5.74, 6) is 0.287. The Labute approximate surface area is 133 Å². The van der Waals surface area contributed by atoms with E-state index in [0.717, 1.165) is 0 Å². The first-order valence-electron chi connectivity index (χ1n) is 6.93. The van der Waals surface area contributed by atoms with Gasteiger partial charge < -0.3 is 10.1 Å². The number of hydrogen-bond donors (Lipinski definition) is 2. The highest BCUT2D eigenvalue weighted by atomic mass is 32.2. The number of aromatic nitrogens is 1. The van der Waals surface area contributed by atoms with E-state index in [1.807, 2.05) is 0 Å². The number of ether oxygens (including phenoxy) is 1. The van der Waals surface area contributed by atoms with E-state index in [0.29, 0.717) is 17.0 Å². The van der Waals surface area contributed by atoms with Gasteiger partial charge in [0.05, 0.1) is 10.6 Å². The Morgan fingerprint density at radius 2 is 2.09 bits per heavy atom. The number of pyridine rings is 1. The van der Waals surface area contributed by atoms with Crippen LogP contribution in [0.4, 0.5) is 11.5 Å². The maximum atomic E-state index is 12.6. The molecular formula is C15H15N3O4S. The lowest BCUT2D eigenvalue weighted by Gasteiger charge is -2.24. The zero-order valence-electron chi connectivity index (χ0n) is 12.5. The molecule has 120 valence electrons. The number of amides is 1. The van der Waals surface area contributed by atoms with Crippen molar-refractivity contribution in [1.82, 2.24) is 4.98 Å². The van der Waals surface area contributed by atoms with Gasteiger partial charge in [0.1, 0.15) is 11.6 Å². The minimum atomic E-state index is -3.81. The van der Waals surface area contributed by atoms with Crippen molar-refractivity contribution in [2.24, 2.45) is 0 Å². The van der Waals surface area contributed by atoms with Crippen LogP contribution < -0.4 is 14.8 Å². The van der Waals surface area contributed by atoms with Crippen LogP contribution in [0.25, 0.3) is 0 Å². The molecule has 0 saturated carbocycles. The summed E-state index contributed by atoms with van der Waals surface area (Å²) in [5.41, 5.74) is 0.952. The molecule has 1 atom stereocenters. The molecule has 7 nitrogen and oxygen atoms in total. The fourth-order valence-corrected chi connectivity index (χ4v) is 3.50. The molecular weight excluding hydrogens is 318 g/mol. The van der Waals surface area contributed by atoms with Crippen LogP contribution in [-0.4, -0.2) is 25.4 Å². The molecule has 2 aromatic rings. The van der Waals surface area contributed by atoms with Gasteiger partial charge in [-0.2, -0.15) is 0 Å². The molecule has 0 spiro atoms. The molecule has 1 amide bonds. The van der Waals surface area contributed by atoms with Crippen LogP contribution in [0.5, 0.6) is 5.75 Å². The molecule has 1 aliphatic rings. The largest absolute Gasteiger partial charge is 0.479 e. The molecule has 0 bridgehead atoms.